The van der Waals surface area contributed by atoms with Gasteiger partial charge in [-0.2, -0.15) is 8.42 Å². The molecule has 5 N–H and O–H groups in total. The molecule has 0 bridgehead atoms. The van der Waals surface area contributed by atoms with E-state index in [-0.39, 0.29) is 18.3 Å². The lowest BCUT2D eigenvalue weighted by Gasteiger charge is -2.02. The van der Waals surface area contributed by atoms with E-state index in [9.17, 15) is 13.2 Å². The maximum absolute atomic E-state index is 10.7. The molecule has 0 heterocycles. The Hall–Kier alpha value is -0.960. The number of carbonyl (C=O) groups excluding carboxylic acids is 1. The van der Waals surface area contributed by atoms with Crippen LogP contribution in [0.4, 0.5) is 0 Å². The van der Waals surface area contributed by atoms with Crippen LogP contribution in [0.1, 0.15) is 6.92 Å². The fourth-order valence-electron chi connectivity index (χ4n) is 0.397. The van der Waals surface area contributed by atoms with Crippen molar-refractivity contribution in [1.29, 1.82) is 0 Å². The molecule has 0 aromatic rings. The molecule has 0 fully saturated rings. The third-order valence-corrected chi connectivity index (χ3v) is 1.36. The first-order valence-corrected chi connectivity index (χ1v) is 4.64. The van der Waals surface area contributed by atoms with E-state index in [0.717, 1.165) is 0 Å². The van der Waals surface area contributed by atoms with E-state index in [1.54, 1.807) is 0 Å². The van der Waals surface area contributed by atoms with Gasteiger partial charge in [-0.3, -0.25) is 4.55 Å². The summed E-state index contributed by atoms with van der Waals surface area (Å²) >= 11 is 0. The largest absolute Gasteiger partial charge is 0.460 e. The minimum Gasteiger partial charge on any atom is -0.460 e. The molecule has 0 saturated heterocycles. The van der Waals surface area contributed by atoms with Crippen molar-refractivity contribution in [3.8, 4) is 0 Å². The van der Waals surface area contributed by atoms with Gasteiger partial charge in [0.25, 0.3) is 0 Å². The molecule has 0 aromatic heterocycles. The number of ether oxygens (including phenoxy) is 1. The van der Waals surface area contributed by atoms with E-state index in [0.29, 0.717) is 0 Å². The maximum atomic E-state index is 10.7. The van der Waals surface area contributed by atoms with Crippen molar-refractivity contribution in [2.24, 2.45) is 0 Å². The second-order valence-electron chi connectivity index (χ2n) is 2.17. The molecule has 7 nitrogen and oxygen atoms in total. The van der Waals surface area contributed by atoms with Gasteiger partial charge in [-0.15, -0.1) is 0 Å². The highest BCUT2D eigenvalue weighted by atomic mass is 32.3. The van der Waals surface area contributed by atoms with Crippen LogP contribution < -0.4 is 6.15 Å². The molecule has 0 atom stereocenters. The predicted molar refractivity (Wildman–Crippen MR) is 49.3 cm³/mol. The Morgan fingerprint density at radius 2 is 1.93 bits per heavy atom. The minimum atomic E-state index is -4.46. The highest BCUT2D eigenvalue weighted by molar-refractivity contribution is 7.80. The van der Waals surface area contributed by atoms with Crippen molar-refractivity contribution in [3.63, 3.8) is 0 Å². The summed E-state index contributed by atoms with van der Waals surface area (Å²) < 4.78 is 36.4. The van der Waals surface area contributed by atoms with E-state index >= 15 is 0 Å². The zero-order valence-electron chi connectivity index (χ0n) is 8.02. The van der Waals surface area contributed by atoms with Crippen molar-refractivity contribution >= 4 is 16.4 Å². The van der Waals surface area contributed by atoms with E-state index in [4.69, 9.17) is 4.55 Å². The third-order valence-electron chi connectivity index (χ3n) is 0.897. The lowest BCUT2D eigenvalue weighted by Crippen LogP contribution is -2.13. The lowest BCUT2D eigenvalue weighted by atomic mass is 10.4. The van der Waals surface area contributed by atoms with Crippen LogP contribution in [0.3, 0.4) is 0 Å². The average Bonchev–Trinajstić information content (AvgIpc) is 1.95. The van der Waals surface area contributed by atoms with Gasteiger partial charge >= 0.3 is 16.4 Å². The Balaban J connectivity index is 0. The molecular formula is C6H14NO6S+. The van der Waals surface area contributed by atoms with E-state index < -0.39 is 23.0 Å². The van der Waals surface area contributed by atoms with Gasteiger partial charge in [-0.1, -0.05) is 6.58 Å². The van der Waals surface area contributed by atoms with Gasteiger partial charge < -0.3 is 10.9 Å². The summed E-state index contributed by atoms with van der Waals surface area (Å²) in [5, 5.41) is 0. The topological polar surface area (TPSA) is 126 Å². The van der Waals surface area contributed by atoms with Crippen LogP contribution in [0.15, 0.2) is 12.2 Å². The summed E-state index contributed by atoms with van der Waals surface area (Å²) in [6.07, 6.45) is 0. The van der Waals surface area contributed by atoms with Gasteiger partial charge in [0.05, 0.1) is 0 Å². The number of carbonyl (C=O) groups is 1. The number of hydrogen-bond acceptors (Lipinski definition) is 5. The van der Waals surface area contributed by atoms with Crippen molar-refractivity contribution < 1.29 is 26.7 Å². The Kier molecular flexibility index (Phi) is 7.19. The summed E-state index contributed by atoms with van der Waals surface area (Å²) in [6, 6.07) is 0. The summed E-state index contributed by atoms with van der Waals surface area (Å²) in [5.74, 6) is -0.640. The molecule has 0 unspecified atom stereocenters. The van der Waals surface area contributed by atoms with Crippen molar-refractivity contribution in [2.45, 2.75) is 6.92 Å². The molecule has 8 heteroatoms. The Morgan fingerprint density at radius 1 is 1.43 bits per heavy atom. The first-order chi connectivity index (χ1) is 5.83. The normalized spacial score (nSPS) is 10.1. The van der Waals surface area contributed by atoms with Crippen LogP contribution in [-0.2, 0) is 24.1 Å². The third kappa shape index (κ3) is 9.13. The molecule has 84 valence electrons. The molecule has 0 amide bonds. The van der Waals surface area contributed by atoms with Crippen LogP contribution in [0.2, 0.25) is 0 Å². The molecular weight excluding hydrogens is 214 g/mol. The first kappa shape index (κ1) is 15.5. The molecule has 0 rings (SSSR count). The molecule has 14 heavy (non-hydrogen) atoms. The van der Waals surface area contributed by atoms with Crippen LogP contribution in [0.25, 0.3) is 0 Å². The fraction of sp³-hybridized carbons (Fsp3) is 0.500. The van der Waals surface area contributed by atoms with Gasteiger partial charge in [-0.25, -0.2) is 8.98 Å². The summed E-state index contributed by atoms with van der Waals surface area (Å²) in [6.45, 7) is 4.07. The SMILES string of the molecule is C=C(C)C(=O)OCCOS(=O)(=O)O.[NH4+]. The second-order valence-corrected chi connectivity index (χ2v) is 3.26. The lowest BCUT2D eigenvalue weighted by molar-refractivity contribution is -0.139. The highest BCUT2D eigenvalue weighted by Gasteiger charge is 2.06. The van der Waals surface area contributed by atoms with Crippen molar-refractivity contribution in [3.05, 3.63) is 12.2 Å². The standard InChI is InChI=1S/C6H10O6S.H3N/c1-5(2)6(7)11-3-4-12-13(8,9)10;/h1,3-4H2,2H3,(H,8,9,10);1H3/p+1. The number of quaternary nitrogens is 1. The quantitative estimate of drug-likeness (QED) is 0.301. The zero-order chi connectivity index (χ0) is 10.5. The van der Waals surface area contributed by atoms with Gasteiger partial charge in [0.2, 0.25) is 0 Å². The number of esters is 1. The molecule has 0 aliphatic heterocycles. The molecule has 0 saturated carbocycles. The van der Waals surface area contributed by atoms with Crippen LogP contribution in [0.5, 0.6) is 0 Å². The second kappa shape index (κ2) is 6.49. The van der Waals surface area contributed by atoms with Gasteiger partial charge in [0.1, 0.15) is 13.2 Å². The Morgan fingerprint density at radius 3 is 2.29 bits per heavy atom. The summed E-state index contributed by atoms with van der Waals surface area (Å²) in [5.41, 5.74) is 0.201. The molecule has 0 aliphatic carbocycles. The monoisotopic (exact) mass is 228 g/mol. The zero-order valence-corrected chi connectivity index (χ0v) is 8.83. The van der Waals surface area contributed by atoms with Crippen molar-refractivity contribution in [1.82, 2.24) is 6.15 Å². The van der Waals surface area contributed by atoms with Gasteiger partial charge in [0, 0.05) is 5.57 Å². The van der Waals surface area contributed by atoms with E-state index in [1.807, 2.05) is 0 Å². The average molecular weight is 228 g/mol. The highest BCUT2D eigenvalue weighted by Crippen LogP contribution is 1.92. The maximum Gasteiger partial charge on any atom is 0.397 e. The van der Waals surface area contributed by atoms with Crippen LogP contribution in [-0.4, -0.2) is 32.2 Å². The molecule has 0 aliphatic rings. The van der Waals surface area contributed by atoms with Crippen LogP contribution in [0, 0.1) is 0 Å². The molecule has 0 radical (unpaired) electrons. The smallest absolute Gasteiger partial charge is 0.397 e. The van der Waals surface area contributed by atoms with Crippen molar-refractivity contribution in [2.75, 3.05) is 13.2 Å². The molecule has 0 spiro atoms. The van der Waals surface area contributed by atoms with Crippen LogP contribution >= 0.6 is 0 Å². The fourth-order valence-corrected chi connectivity index (χ4v) is 0.676. The Labute approximate surface area is 82.2 Å². The van der Waals surface area contributed by atoms with Gasteiger partial charge in [0.15, 0.2) is 0 Å². The summed E-state index contributed by atoms with van der Waals surface area (Å²) in [4.78, 5) is 10.7. The number of rotatable bonds is 5. The number of hydrogen-bond donors (Lipinski definition) is 2. The van der Waals surface area contributed by atoms with Gasteiger partial charge in [-0.05, 0) is 6.92 Å². The first-order valence-electron chi connectivity index (χ1n) is 3.27. The Bertz CT molecular complexity index is 295. The van der Waals surface area contributed by atoms with E-state index in [2.05, 4.69) is 15.5 Å². The molecule has 0 aromatic carbocycles. The minimum absolute atomic E-state index is 0. The predicted octanol–water partition coefficient (Wildman–Crippen LogP) is 0.301. The summed E-state index contributed by atoms with van der Waals surface area (Å²) in [7, 11) is -4.46. The van der Waals surface area contributed by atoms with E-state index in [1.165, 1.54) is 6.92 Å².